The summed E-state index contributed by atoms with van der Waals surface area (Å²) in [5.74, 6) is -6.01. The number of carboxylic acids is 1. The molecule has 0 aromatic heterocycles. The number of halogens is 2. The second kappa shape index (κ2) is 30.9. The summed E-state index contributed by atoms with van der Waals surface area (Å²) < 4.78 is 63.8. The Kier molecular flexibility index (Phi) is 27.1. The van der Waals surface area contributed by atoms with Gasteiger partial charge in [-0.2, -0.15) is 0 Å². The molecule has 21 nitrogen and oxygen atoms in total. The number of alkyl carbamates (subject to hydrolysis) is 1. The van der Waals surface area contributed by atoms with E-state index in [4.69, 9.17) is 33.2 Å². The summed E-state index contributed by atoms with van der Waals surface area (Å²) >= 11 is 0. The standard InChI is InChI=1S/C42H68F2N4O17/c1-41(2,3)65-40(58)46-14-17-60-19-21-62-23-22-61-20-18-59-16-12-32(52)45-13-6-4-5-7-15-63-42(39(56)57)25-30(50)35(48-34(54)27-49)37(64-42)36(55)31(51)26-47-33(53)24-28-8-10-29(11-9-28)38(43)44/h8-11,30-31,35-38,49-51,55H,4-7,12-27H2,1-3H3,(H,45,52)(H,46,58)(H,47,53)(H,48,54)(H,56,57)/t30-,31+,35+,36+,37+,42+/m0/s1. The quantitative estimate of drug-likeness (QED) is 0.0422. The molecular formula is C42H68F2N4O17. The number of ether oxygens (including phenoxy) is 7. The lowest BCUT2D eigenvalue weighted by molar-refractivity contribution is -0.310. The highest BCUT2D eigenvalue weighted by Gasteiger charge is 2.55. The van der Waals surface area contributed by atoms with Crippen molar-refractivity contribution in [1.29, 1.82) is 0 Å². The second-order valence-electron chi connectivity index (χ2n) is 16.0. The number of aliphatic carboxylic acids is 1. The number of amides is 4. The second-order valence-corrected chi connectivity index (χ2v) is 16.0. The zero-order chi connectivity index (χ0) is 48.3. The van der Waals surface area contributed by atoms with Crippen molar-refractivity contribution in [3.05, 3.63) is 35.4 Å². The molecule has 0 aliphatic carbocycles. The highest BCUT2D eigenvalue weighted by atomic mass is 19.3. The maximum atomic E-state index is 12.8. The Morgan fingerprint density at radius 1 is 0.785 bits per heavy atom. The first-order valence-electron chi connectivity index (χ1n) is 21.5. The number of carboxylic acid groups (broad SMARTS) is 1. The van der Waals surface area contributed by atoms with E-state index < -0.39 is 91.7 Å². The minimum atomic E-state index is -2.69. The molecule has 0 bridgehead atoms. The van der Waals surface area contributed by atoms with Gasteiger partial charge in [0.1, 0.15) is 24.4 Å². The highest BCUT2D eigenvalue weighted by molar-refractivity contribution is 5.79. The van der Waals surface area contributed by atoms with Crippen LogP contribution in [0, 0.1) is 0 Å². The summed E-state index contributed by atoms with van der Waals surface area (Å²) in [6.45, 7) is 6.89. The van der Waals surface area contributed by atoms with Crippen LogP contribution >= 0.6 is 0 Å². The number of aliphatic hydroxyl groups excluding tert-OH is 4. The molecule has 0 spiro atoms. The first-order valence-corrected chi connectivity index (χ1v) is 21.5. The summed E-state index contributed by atoms with van der Waals surface area (Å²) in [5, 5.41) is 62.3. The third-order valence-electron chi connectivity index (χ3n) is 9.44. The summed E-state index contributed by atoms with van der Waals surface area (Å²) in [4.78, 5) is 60.8. The lowest BCUT2D eigenvalue weighted by atomic mass is 9.88. The van der Waals surface area contributed by atoms with Crippen LogP contribution in [0.15, 0.2) is 24.3 Å². The Morgan fingerprint density at radius 3 is 1.97 bits per heavy atom. The Morgan fingerprint density at radius 2 is 1.38 bits per heavy atom. The molecule has 0 saturated carbocycles. The molecule has 1 aromatic carbocycles. The number of rotatable bonds is 33. The average Bonchev–Trinajstić information content (AvgIpc) is 3.24. The van der Waals surface area contributed by atoms with Crippen molar-refractivity contribution in [3.8, 4) is 0 Å². The molecule has 1 aliphatic heterocycles. The van der Waals surface area contributed by atoms with Gasteiger partial charge in [0, 0.05) is 38.0 Å². The van der Waals surface area contributed by atoms with E-state index in [2.05, 4.69) is 21.3 Å². The van der Waals surface area contributed by atoms with Gasteiger partial charge in [0.2, 0.25) is 17.7 Å². The van der Waals surface area contributed by atoms with Crippen molar-refractivity contribution in [2.45, 2.75) is 114 Å². The van der Waals surface area contributed by atoms with Crippen LogP contribution in [0.4, 0.5) is 13.6 Å². The summed E-state index contributed by atoms with van der Waals surface area (Å²) in [6, 6.07) is 3.49. The molecule has 1 heterocycles. The lowest BCUT2D eigenvalue weighted by Crippen LogP contribution is -2.68. The fraction of sp³-hybridized carbons (Fsp3) is 0.738. The largest absolute Gasteiger partial charge is 0.477 e. The van der Waals surface area contributed by atoms with Crippen LogP contribution in [0.2, 0.25) is 0 Å². The molecule has 372 valence electrons. The van der Waals surface area contributed by atoms with Crippen molar-refractivity contribution in [2.24, 2.45) is 0 Å². The minimum Gasteiger partial charge on any atom is -0.477 e. The van der Waals surface area contributed by atoms with E-state index in [1.807, 2.05) is 0 Å². The molecular weight excluding hydrogens is 870 g/mol. The van der Waals surface area contributed by atoms with Gasteiger partial charge in [-0.1, -0.05) is 37.1 Å². The number of unbranched alkanes of at least 4 members (excludes halogenated alkanes) is 3. The Hall–Kier alpha value is -4.17. The summed E-state index contributed by atoms with van der Waals surface area (Å²) in [6.07, 6.45) is -9.18. The molecule has 65 heavy (non-hydrogen) atoms. The molecule has 4 amide bonds. The first kappa shape index (κ1) is 57.0. The molecule has 6 atom stereocenters. The maximum absolute atomic E-state index is 12.8. The maximum Gasteiger partial charge on any atom is 0.407 e. The molecule has 1 fully saturated rings. The summed E-state index contributed by atoms with van der Waals surface area (Å²) in [7, 11) is 0. The van der Waals surface area contributed by atoms with Gasteiger partial charge in [0.05, 0.1) is 84.1 Å². The third kappa shape index (κ3) is 23.7. The van der Waals surface area contributed by atoms with Gasteiger partial charge in [0.25, 0.3) is 12.2 Å². The van der Waals surface area contributed by atoms with Crippen molar-refractivity contribution in [2.75, 3.05) is 85.7 Å². The van der Waals surface area contributed by atoms with E-state index in [0.717, 1.165) is 12.1 Å². The highest BCUT2D eigenvalue weighted by Crippen LogP contribution is 2.34. The molecule has 23 heteroatoms. The number of alkyl halides is 2. The van der Waals surface area contributed by atoms with E-state index in [0.29, 0.717) is 90.6 Å². The smallest absolute Gasteiger partial charge is 0.407 e. The van der Waals surface area contributed by atoms with Crippen LogP contribution in [0.5, 0.6) is 0 Å². The van der Waals surface area contributed by atoms with Gasteiger partial charge in [-0.05, 0) is 39.2 Å². The van der Waals surface area contributed by atoms with Crippen molar-refractivity contribution in [3.63, 3.8) is 0 Å². The van der Waals surface area contributed by atoms with Crippen molar-refractivity contribution < 1.29 is 91.4 Å². The number of carbonyl (C=O) groups is 5. The predicted molar refractivity (Wildman–Crippen MR) is 225 cm³/mol. The van der Waals surface area contributed by atoms with Crippen LogP contribution in [0.3, 0.4) is 0 Å². The molecule has 0 radical (unpaired) electrons. The van der Waals surface area contributed by atoms with Gasteiger partial charge in [0.15, 0.2) is 0 Å². The number of hydrogen-bond acceptors (Lipinski definition) is 16. The van der Waals surface area contributed by atoms with Gasteiger partial charge >= 0.3 is 12.1 Å². The zero-order valence-corrected chi connectivity index (χ0v) is 37.3. The van der Waals surface area contributed by atoms with E-state index in [-0.39, 0.29) is 37.5 Å². The monoisotopic (exact) mass is 938 g/mol. The molecule has 1 aliphatic rings. The number of nitrogens with one attached hydrogen (secondary N) is 4. The zero-order valence-electron chi connectivity index (χ0n) is 37.3. The topological polar surface area (TPSA) is 299 Å². The van der Waals surface area contributed by atoms with Gasteiger partial charge < -0.3 is 80.0 Å². The Bertz CT molecular complexity index is 1560. The fourth-order valence-electron chi connectivity index (χ4n) is 6.13. The van der Waals surface area contributed by atoms with Gasteiger partial charge in [-0.25, -0.2) is 18.4 Å². The van der Waals surface area contributed by atoms with Crippen LogP contribution in [-0.2, 0) is 58.8 Å². The third-order valence-corrected chi connectivity index (χ3v) is 9.44. The molecule has 2 rings (SSSR count). The van der Waals surface area contributed by atoms with Crippen LogP contribution in [0.25, 0.3) is 0 Å². The molecule has 0 unspecified atom stereocenters. The number of aliphatic hydroxyl groups is 4. The number of benzene rings is 1. The van der Waals surface area contributed by atoms with E-state index >= 15 is 0 Å². The van der Waals surface area contributed by atoms with Gasteiger partial charge in [-0.15, -0.1) is 0 Å². The average molecular weight is 939 g/mol. The van der Waals surface area contributed by atoms with Crippen molar-refractivity contribution >= 4 is 29.8 Å². The van der Waals surface area contributed by atoms with Crippen molar-refractivity contribution in [1.82, 2.24) is 21.3 Å². The molecule has 1 saturated heterocycles. The SMILES string of the molecule is CC(C)(C)OC(=O)NCCOCCOCCOCCOCCC(=O)NCCCCCCO[C@]1(C(=O)O)C[C@H](O)[C@@H](NC(=O)CO)[C@H]([C@H](O)[C@H](O)CNC(=O)Cc2ccc(C(F)F)cc2)O1. The number of hydrogen-bond donors (Lipinski definition) is 9. The van der Waals surface area contributed by atoms with E-state index in [1.165, 1.54) is 12.1 Å². The van der Waals surface area contributed by atoms with E-state index in [9.17, 15) is 58.3 Å². The molecule has 9 N–H and O–H groups in total. The summed E-state index contributed by atoms with van der Waals surface area (Å²) in [5.41, 5.74) is -0.399. The normalized spacial score (nSPS) is 19.6. The Labute approximate surface area is 377 Å². The van der Waals surface area contributed by atoms with Crippen LogP contribution in [0.1, 0.15) is 76.8 Å². The fourth-order valence-corrected chi connectivity index (χ4v) is 6.13. The number of carbonyl (C=O) groups excluding carboxylic acids is 4. The van der Waals surface area contributed by atoms with Crippen LogP contribution < -0.4 is 21.3 Å². The predicted octanol–water partition coefficient (Wildman–Crippen LogP) is 0.0869. The van der Waals surface area contributed by atoms with Gasteiger partial charge in [-0.3, -0.25) is 14.4 Å². The molecule has 1 aromatic rings. The minimum absolute atomic E-state index is 0.154. The lowest BCUT2D eigenvalue weighted by Gasteiger charge is -2.46. The van der Waals surface area contributed by atoms with E-state index in [1.54, 1.807) is 20.8 Å². The first-order chi connectivity index (χ1) is 30.9. The van der Waals surface area contributed by atoms with Crippen LogP contribution in [-0.4, -0.2) is 183 Å². The Balaban J connectivity index is 1.63.